The van der Waals surface area contributed by atoms with Crippen molar-refractivity contribution in [2.75, 3.05) is 5.43 Å². The van der Waals surface area contributed by atoms with Gasteiger partial charge in [0.15, 0.2) is 10.9 Å². The van der Waals surface area contributed by atoms with E-state index >= 15 is 0 Å². The zero-order valence-corrected chi connectivity index (χ0v) is 21.4. The number of aromatic nitrogens is 2. The van der Waals surface area contributed by atoms with E-state index in [-0.39, 0.29) is 39.3 Å². The summed E-state index contributed by atoms with van der Waals surface area (Å²) in [7, 11) is 0. The Labute approximate surface area is 224 Å². The number of thiocarbonyl (C=S) groups is 1. The van der Waals surface area contributed by atoms with Gasteiger partial charge in [0.05, 0.1) is 28.8 Å². The van der Waals surface area contributed by atoms with Crippen LogP contribution in [-0.4, -0.2) is 38.2 Å². The quantitative estimate of drug-likeness (QED) is 0.247. The molecule has 8 nitrogen and oxygen atoms in total. The maximum Gasteiger partial charge on any atom is 0.253 e. The largest absolute Gasteiger partial charge is 0.391 e. The molecule has 0 saturated heterocycles. The molecular weight excluding hydrogens is 515 g/mol. The lowest BCUT2D eigenvalue weighted by Crippen LogP contribution is -2.41. The minimum absolute atomic E-state index is 0.214. The van der Waals surface area contributed by atoms with Crippen molar-refractivity contribution in [2.24, 2.45) is 0 Å². The van der Waals surface area contributed by atoms with Crippen LogP contribution in [0.15, 0.2) is 48.9 Å². The fraction of sp³-hybridized carbons (Fsp3) is 0.308. The molecule has 3 atom stereocenters. The van der Waals surface area contributed by atoms with E-state index in [9.17, 15) is 14.3 Å². The molecule has 11 heteroatoms. The van der Waals surface area contributed by atoms with Crippen LogP contribution in [-0.2, 0) is 12.8 Å². The molecule has 192 valence electrons. The fourth-order valence-corrected chi connectivity index (χ4v) is 5.30. The molecule has 3 unspecified atom stereocenters. The van der Waals surface area contributed by atoms with Crippen LogP contribution in [0.3, 0.4) is 0 Å². The number of aryl methyl sites for hydroxylation is 1. The van der Waals surface area contributed by atoms with E-state index in [4.69, 9.17) is 23.8 Å². The van der Waals surface area contributed by atoms with Crippen molar-refractivity contribution in [1.29, 1.82) is 0 Å². The second kappa shape index (κ2) is 11.0. The Hall–Kier alpha value is -3.34. The van der Waals surface area contributed by atoms with Crippen LogP contribution in [0.5, 0.6) is 0 Å². The van der Waals surface area contributed by atoms with Gasteiger partial charge in [-0.1, -0.05) is 23.7 Å². The van der Waals surface area contributed by atoms with Crippen LogP contribution in [0.2, 0.25) is 5.02 Å². The molecule has 5 N–H and O–H groups in total. The molecule has 0 bridgehead atoms. The molecule has 0 aliphatic heterocycles. The summed E-state index contributed by atoms with van der Waals surface area (Å²) in [5, 5.41) is 16.5. The van der Waals surface area contributed by atoms with Crippen LogP contribution < -0.4 is 21.5 Å². The summed E-state index contributed by atoms with van der Waals surface area (Å²) < 4.78 is 14.7. The predicted octanol–water partition coefficient (Wildman–Crippen LogP) is 3.59. The van der Waals surface area contributed by atoms with E-state index in [0.717, 1.165) is 29.5 Å². The lowest BCUT2D eigenvalue weighted by molar-refractivity contribution is 0.0873. The van der Waals surface area contributed by atoms with Crippen molar-refractivity contribution in [2.45, 2.75) is 50.3 Å². The molecule has 0 spiro atoms. The number of amides is 1. The molecular formula is C26H26ClFN6O2S. The highest BCUT2D eigenvalue weighted by Gasteiger charge is 2.28. The van der Waals surface area contributed by atoms with E-state index in [1.807, 2.05) is 12.1 Å². The second-order valence-corrected chi connectivity index (χ2v) is 9.99. The maximum absolute atomic E-state index is 14.7. The first-order chi connectivity index (χ1) is 17.9. The Morgan fingerprint density at radius 3 is 2.78 bits per heavy atom. The van der Waals surface area contributed by atoms with E-state index in [2.05, 4.69) is 31.5 Å². The minimum atomic E-state index is -0.536. The number of pyridine rings is 2. The molecule has 2 heterocycles. The van der Waals surface area contributed by atoms with Gasteiger partial charge in [-0.15, -0.1) is 0 Å². The van der Waals surface area contributed by atoms with Crippen LogP contribution in [0.25, 0.3) is 0 Å². The number of nitrogens with zero attached hydrogens (tertiary/aromatic N) is 2. The Morgan fingerprint density at radius 2 is 2.00 bits per heavy atom. The molecule has 3 aromatic rings. The molecule has 5 rings (SSSR count). The topological polar surface area (TPSA) is 111 Å². The van der Waals surface area contributed by atoms with Gasteiger partial charge in [-0.25, -0.2) is 9.37 Å². The van der Waals surface area contributed by atoms with Gasteiger partial charge in [-0.2, -0.15) is 0 Å². The van der Waals surface area contributed by atoms with Gasteiger partial charge in [-0.3, -0.25) is 20.6 Å². The van der Waals surface area contributed by atoms with Crippen LogP contribution in [0.4, 0.5) is 10.2 Å². The number of carbonyl (C=O) groups excluding carboxylic acids is 1. The Balaban J connectivity index is 1.27. The van der Waals surface area contributed by atoms with Crippen LogP contribution in [0.1, 0.15) is 57.9 Å². The number of fused-ring (bicyclic) bond motifs is 2. The third-order valence-electron chi connectivity index (χ3n) is 6.84. The van der Waals surface area contributed by atoms with Gasteiger partial charge < -0.3 is 15.7 Å². The highest BCUT2D eigenvalue weighted by Crippen LogP contribution is 2.33. The van der Waals surface area contributed by atoms with E-state index < -0.39 is 12.1 Å². The smallest absolute Gasteiger partial charge is 0.253 e. The summed E-state index contributed by atoms with van der Waals surface area (Å²) in [6.07, 6.45) is 7.92. The van der Waals surface area contributed by atoms with Gasteiger partial charge >= 0.3 is 0 Å². The van der Waals surface area contributed by atoms with Crippen LogP contribution >= 0.6 is 23.8 Å². The molecule has 2 aliphatic carbocycles. The molecule has 2 aromatic heterocycles. The second-order valence-electron chi connectivity index (χ2n) is 9.17. The normalized spacial score (nSPS) is 20.2. The first kappa shape index (κ1) is 25.3. The third-order valence-corrected chi connectivity index (χ3v) is 7.34. The van der Waals surface area contributed by atoms with Gasteiger partial charge in [0.1, 0.15) is 5.82 Å². The number of carbonyl (C=O) groups is 1. The van der Waals surface area contributed by atoms with E-state index in [0.29, 0.717) is 24.8 Å². The average molecular weight is 541 g/mol. The summed E-state index contributed by atoms with van der Waals surface area (Å²) in [4.78, 5) is 21.0. The molecule has 0 radical (unpaired) electrons. The van der Waals surface area contributed by atoms with Gasteiger partial charge in [-0.05, 0) is 79.2 Å². The Kier molecular flexibility index (Phi) is 7.50. The number of aliphatic hydroxyl groups excluding tert-OH is 1. The van der Waals surface area contributed by atoms with E-state index in [1.54, 1.807) is 18.5 Å². The fourth-order valence-electron chi connectivity index (χ4n) is 4.91. The Morgan fingerprint density at radius 1 is 1.14 bits per heavy atom. The average Bonchev–Trinajstić information content (AvgIpc) is 3.22. The predicted molar refractivity (Wildman–Crippen MR) is 143 cm³/mol. The number of hydrogen-bond donors (Lipinski definition) is 5. The number of nitrogens with one attached hydrogen (secondary N) is 4. The lowest BCUT2D eigenvalue weighted by atomic mass is 9.96. The van der Waals surface area contributed by atoms with Gasteiger partial charge in [0.2, 0.25) is 0 Å². The number of benzene rings is 1. The summed E-state index contributed by atoms with van der Waals surface area (Å²) in [6, 6.07) is 7.82. The molecule has 2 aliphatic rings. The highest BCUT2D eigenvalue weighted by atomic mass is 35.5. The van der Waals surface area contributed by atoms with Crippen molar-refractivity contribution >= 4 is 40.7 Å². The summed E-state index contributed by atoms with van der Waals surface area (Å²) in [5.74, 6) is -0.314. The number of halogens is 2. The number of rotatable bonds is 5. The van der Waals surface area contributed by atoms with Crippen LogP contribution in [0, 0.1) is 5.82 Å². The number of anilines is 1. The molecule has 1 saturated carbocycles. The zero-order chi connectivity index (χ0) is 25.9. The summed E-state index contributed by atoms with van der Waals surface area (Å²) in [6.45, 7) is 0. The highest BCUT2D eigenvalue weighted by molar-refractivity contribution is 7.80. The molecule has 37 heavy (non-hydrogen) atoms. The van der Waals surface area contributed by atoms with Crippen molar-refractivity contribution in [3.8, 4) is 0 Å². The third kappa shape index (κ3) is 5.51. The van der Waals surface area contributed by atoms with Crippen molar-refractivity contribution in [3.63, 3.8) is 0 Å². The monoisotopic (exact) mass is 540 g/mol. The number of hydrogen-bond acceptors (Lipinski definition) is 6. The molecule has 1 amide bonds. The molecule has 1 aromatic carbocycles. The SMILES string of the molecule is O=C(NC1CCCC1O)c1cnc(NNC(=S)NC2c3cnccc3CCc3c(F)cccc32)c(Cl)c1. The zero-order valence-electron chi connectivity index (χ0n) is 19.8. The van der Waals surface area contributed by atoms with Crippen molar-refractivity contribution < 1.29 is 14.3 Å². The Bertz CT molecular complexity index is 1340. The van der Waals surface area contributed by atoms with Crippen molar-refractivity contribution in [3.05, 3.63) is 87.6 Å². The summed E-state index contributed by atoms with van der Waals surface area (Å²) >= 11 is 11.9. The standard InChI is InChI=1S/C26H26ClFN6O2S/c27-19-11-15(25(36)31-21-5-2-6-22(21)35)12-30-24(19)33-34-26(37)32-23-17-3-1-4-20(28)16(17)8-7-14-9-10-29-13-18(14)23/h1,3-4,9-13,21-23,35H,2,5-8H2,(H,30,33)(H,31,36)(H2,32,34,37). The van der Waals surface area contributed by atoms with E-state index in [1.165, 1.54) is 18.3 Å². The maximum atomic E-state index is 14.7. The first-order valence-corrected chi connectivity index (χ1v) is 12.9. The molecule has 1 fully saturated rings. The van der Waals surface area contributed by atoms with Crippen molar-refractivity contribution in [1.82, 2.24) is 26.0 Å². The van der Waals surface area contributed by atoms with Gasteiger partial charge in [0.25, 0.3) is 5.91 Å². The lowest BCUT2D eigenvalue weighted by Gasteiger charge is -2.23. The number of hydrazine groups is 1. The first-order valence-electron chi connectivity index (χ1n) is 12.1. The minimum Gasteiger partial charge on any atom is -0.391 e. The van der Waals surface area contributed by atoms with Gasteiger partial charge in [0, 0.05) is 24.2 Å². The number of aliphatic hydroxyl groups is 1. The summed E-state index contributed by atoms with van der Waals surface area (Å²) in [5.41, 5.74) is 9.47.